The molecule has 18 heavy (non-hydrogen) atoms. The van der Waals surface area contributed by atoms with E-state index in [0.29, 0.717) is 11.7 Å². The molecule has 0 spiro atoms. The Bertz CT molecular complexity index is 419. The van der Waals surface area contributed by atoms with Crippen LogP contribution in [-0.2, 0) is 6.42 Å². The van der Waals surface area contributed by atoms with Gasteiger partial charge in [-0.15, -0.1) is 0 Å². The van der Waals surface area contributed by atoms with E-state index in [9.17, 15) is 4.39 Å². The highest BCUT2D eigenvalue weighted by Gasteiger charge is 2.24. The van der Waals surface area contributed by atoms with Gasteiger partial charge in [0.1, 0.15) is 11.6 Å². The van der Waals surface area contributed by atoms with E-state index in [-0.39, 0.29) is 11.9 Å². The van der Waals surface area contributed by atoms with Crippen molar-refractivity contribution in [2.45, 2.75) is 39.2 Å². The summed E-state index contributed by atoms with van der Waals surface area (Å²) >= 11 is 0. The second-order valence-electron chi connectivity index (χ2n) is 5.17. The third kappa shape index (κ3) is 2.66. The first-order chi connectivity index (χ1) is 8.65. The van der Waals surface area contributed by atoms with Gasteiger partial charge in [0.2, 0.25) is 0 Å². The summed E-state index contributed by atoms with van der Waals surface area (Å²) in [6.07, 6.45) is 2.94. The van der Waals surface area contributed by atoms with Crippen LogP contribution in [-0.4, -0.2) is 13.7 Å². The molecule has 0 saturated heterocycles. The maximum absolute atomic E-state index is 14.1. The summed E-state index contributed by atoms with van der Waals surface area (Å²) in [6, 6.07) is 3.73. The number of ether oxygens (including phenoxy) is 1. The molecule has 0 aliphatic heterocycles. The van der Waals surface area contributed by atoms with Crippen LogP contribution in [0.2, 0.25) is 0 Å². The lowest BCUT2D eigenvalue weighted by molar-refractivity contribution is 0.402. The minimum absolute atomic E-state index is 0.124. The van der Waals surface area contributed by atoms with Gasteiger partial charge in [-0.05, 0) is 48.9 Å². The number of benzene rings is 1. The average Bonchev–Trinajstić information content (AvgIpc) is 2.50. The Morgan fingerprint density at radius 3 is 2.89 bits per heavy atom. The van der Waals surface area contributed by atoms with Gasteiger partial charge in [-0.3, -0.25) is 0 Å². The lowest BCUT2D eigenvalue weighted by atomic mass is 9.96. The third-order valence-corrected chi connectivity index (χ3v) is 3.79. The van der Waals surface area contributed by atoms with E-state index >= 15 is 0 Å². The van der Waals surface area contributed by atoms with Gasteiger partial charge < -0.3 is 10.1 Å². The molecule has 0 bridgehead atoms. The molecular weight excluding hydrogens is 229 g/mol. The second-order valence-corrected chi connectivity index (χ2v) is 5.17. The first kappa shape index (κ1) is 13.3. The normalized spacial score (nSPS) is 23.3. The zero-order valence-corrected chi connectivity index (χ0v) is 11.4. The van der Waals surface area contributed by atoms with Crippen molar-refractivity contribution in [1.29, 1.82) is 0 Å². The van der Waals surface area contributed by atoms with Crippen molar-refractivity contribution in [3.8, 4) is 5.75 Å². The van der Waals surface area contributed by atoms with E-state index in [0.717, 1.165) is 36.9 Å². The van der Waals surface area contributed by atoms with Gasteiger partial charge in [0.15, 0.2) is 0 Å². The molecule has 2 unspecified atom stereocenters. The fraction of sp³-hybridized carbons (Fsp3) is 0.600. The first-order valence-electron chi connectivity index (χ1n) is 6.75. The molecule has 1 N–H and O–H groups in total. The summed E-state index contributed by atoms with van der Waals surface area (Å²) in [5, 5.41) is 3.47. The topological polar surface area (TPSA) is 21.3 Å². The fourth-order valence-electron chi connectivity index (χ4n) is 2.80. The van der Waals surface area contributed by atoms with Crippen molar-refractivity contribution < 1.29 is 9.13 Å². The number of hydrogen-bond donors (Lipinski definition) is 1. The van der Waals surface area contributed by atoms with Crippen LogP contribution in [0.15, 0.2) is 12.1 Å². The zero-order chi connectivity index (χ0) is 13.1. The Morgan fingerprint density at radius 2 is 2.22 bits per heavy atom. The zero-order valence-electron chi connectivity index (χ0n) is 11.4. The largest absolute Gasteiger partial charge is 0.497 e. The molecule has 1 aliphatic rings. The Labute approximate surface area is 109 Å². The van der Waals surface area contributed by atoms with Crippen LogP contribution in [0.3, 0.4) is 0 Å². The minimum atomic E-state index is -0.124. The Morgan fingerprint density at radius 1 is 1.44 bits per heavy atom. The average molecular weight is 251 g/mol. The van der Waals surface area contributed by atoms with Crippen LogP contribution in [0.5, 0.6) is 5.75 Å². The number of methoxy groups -OCH3 is 1. The molecule has 0 radical (unpaired) electrons. The molecule has 2 atom stereocenters. The van der Waals surface area contributed by atoms with Crippen LogP contribution < -0.4 is 10.1 Å². The number of hydrogen-bond acceptors (Lipinski definition) is 2. The molecule has 0 heterocycles. The lowest BCUT2D eigenvalue weighted by Crippen LogP contribution is -2.22. The van der Waals surface area contributed by atoms with E-state index in [1.807, 2.05) is 6.07 Å². The van der Waals surface area contributed by atoms with Gasteiger partial charge in [-0.2, -0.15) is 0 Å². The van der Waals surface area contributed by atoms with Crippen LogP contribution in [0.4, 0.5) is 4.39 Å². The highest BCUT2D eigenvalue weighted by atomic mass is 19.1. The highest BCUT2D eigenvalue weighted by Crippen LogP contribution is 2.35. The Hall–Kier alpha value is -1.09. The highest BCUT2D eigenvalue weighted by molar-refractivity contribution is 5.40. The second kappa shape index (κ2) is 5.70. The predicted molar refractivity (Wildman–Crippen MR) is 71.5 cm³/mol. The van der Waals surface area contributed by atoms with Crippen LogP contribution >= 0.6 is 0 Å². The molecule has 2 rings (SSSR count). The van der Waals surface area contributed by atoms with Crippen molar-refractivity contribution in [2.75, 3.05) is 13.7 Å². The van der Waals surface area contributed by atoms with Crippen LogP contribution in [0, 0.1) is 11.7 Å². The number of nitrogens with one attached hydrogen (secondary N) is 1. The SMILES string of the molecule is CCNC1CC(C)CCc2c(F)cc(OC)cc21. The maximum Gasteiger partial charge on any atom is 0.130 e. The fourth-order valence-corrected chi connectivity index (χ4v) is 2.80. The molecule has 0 aromatic heterocycles. The summed E-state index contributed by atoms with van der Waals surface area (Å²) in [7, 11) is 1.59. The van der Waals surface area contributed by atoms with Gasteiger partial charge in [-0.25, -0.2) is 4.39 Å². The van der Waals surface area contributed by atoms with Gasteiger partial charge in [-0.1, -0.05) is 13.8 Å². The molecule has 0 saturated carbocycles. The molecule has 1 aromatic carbocycles. The smallest absolute Gasteiger partial charge is 0.130 e. The van der Waals surface area contributed by atoms with Crippen molar-refractivity contribution in [3.05, 3.63) is 29.1 Å². The summed E-state index contributed by atoms with van der Waals surface area (Å²) in [6.45, 7) is 5.23. The van der Waals surface area contributed by atoms with E-state index < -0.39 is 0 Å². The molecule has 3 heteroatoms. The summed E-state index contributed by atoms with van der Waals surface area (Å²) in [5.41, 5.74) is 1.95. The summed E-state index contributed by atoms with van der Waals surface area (Å²) in [4.78, 5) is 0. The van der Waals surface area contributed by atoms with E-state index in [4.69, 9.17) is 4.74 Å². The van der Waals surface area contributed by atoms with Gasteiger partial charge in [0, 0.05) is 12.1 Å². The molecular formula is C15H22FNO. The lowest BCUT2D eigenvalue weighted by Gasteiger charge is -2.21. The Kier molecular flexibility index (Phi) is 4.23. The monoisotopic (exact) mass is 251 g/mol. The number of fused-ring (bicyclic) bond motifs is 1. The summed E-state index contributed by atoms with van der Waals surface area (Å²) in [5.74, 6) is 1.11. The van der Waals surface area contributed by atoms with Crippen molar-refractivity contribution >= 4 is 0 Å². The van der Waals surface area contributed by atoms with E-state index in [1.165, 1.54) is 6.07 Å². The van der Waals surface area contributed by atoms with Crippen molar-refractivity contribution in [1.82, 2.24) is 5.32 Å². The Balaban J connectivity index is 2.44. The van der Waals surface area contributed by atoms with E-state index in [2.05, 4.69) is 19.2 Å². The first-order valence-corrected chi connectivity index (χ1v) is 6.75. The van der Waals surface area contributed by atoms with Gasteiger partial charge in [0.05, 0.1) is 7.11 Å². The van der Waals surface area contributed by atoms with Crippen LogP contribution in [0.25, 0.3) is 0 Å². The predicted octanol–water partition coefficient (Wildman–Crippen LogP) is 3.46. The summed E-state index contributed by atoms with van der Waals surface area (Å²) < 4.78 is 19.3. The van der Waals surface area contributed by atoms with Gasteiger partial charge >= 0.3 is 0 Å². The third-order valence-electron chi connectivity index (χ3n) is 3.79. The molecule has 2 nitrogen and oxygen atoms in total. The molecule has 0 fully saturated rings. The molecule has 1 aliphatic carbocycles. The van der Waals surface area contributed by atoms with Crippen molar-refractivity contribution in [2.24, 2.45) is 5.92 Å². The molecule has 100 valence electrons. The van der Waals surface area contributed by atoms with Crippen molar-refractivity contribution in [3.63, 3.8) is 0 Å². The van der Waals surface area contributed by atoms with E-state index in [1.54, 1.807) is 7.11 Å². The molecule has 0 amide bonds. The number of rotatable bonds is 3. The molecule has 1 aromatic rings. The minimum Gasteiger partial charge on any atom is -0.497 e. The number of halogens is 1. The maximum atomic E-state index is 14.1. The van der Waals surface area contributed by atoms with Gasteiger partial charge in [0.25, 0.3) is 0 Å². The quantitative estimate of drug-likeness (QED) is 0.831. The standard InChI is InChI=1S/C15H22FNO/c1-4-17-15-7-10(2)5-6-12-13(15)8-11(18-3)9-14(12)16/h8-10,15,17H,4-7H2,1-3H3. The van der Waals surface area contributed by atoms with Crippen LogP contribution in [0.1, 0.15) is 43.9 Å².